The van der Waals surface area contributed by atoms with Crippen molar-refractivity contribution in [3.8, 4) is 0 Å². The molecule has 3 nitrogen and oxygen atoms in total. The number of sulfonamides is 1. The maximum atomic E-state index is 12.4. The van der Waals surface area contributed by atoms with Gasteiger partial charge in [-0.05, 0) is 24.3 Å². The first kappa shape index (κ1) is 10.1. The molecule has 0 unspecified atom stereocenters. The summed E-state index contributed by atoms with van der Waals surface area (Å²) in [6, 6.07) is 4.69. The number of hydrogen-bond donors (Lipinski definition) is 1. The van der Waals surface area contributed by atoms with Crippen LogP contribution in [0.2, 0.25) is 0 Å². The van der Waals surface area contributed by atoms with E-state index < -0.39 is 15.8 Å². The van der Waals surface area contributed by atoms with Gasteiger partial charge in [0.05, 0.1) is 4.90 Å². The highest BCUT2D eigenvalue weighted by molar-refractivity contribution is 7.89. The average Bonchev–Trinajstić information content (AvgIpc) is 2.05. The maximum Gasteiger partial charge on any atom is 0.240 e. The van der Waals surface area contributed by atoms with Crippen molar-refractivity contribution in [1.29, 1.82) is 0 Å². The van der Waals surface area contributed by atoms with E-state index in [4.69, 9.17) is 0 Å². The second-order valence-electron chi connectivity index (χ2n) is 2.46. The minimum absolute atomic E-state index is 0.0794. The minimum atomic E-state index is -3.44. The molecule has 0 aromatic heterocycles. The first-order chi connectivity index (χ1) is 6.06. The molecular formula is C8H10FNO2S. The Bertz CT molecular complexity index is 372. The van der Waals surface area contributed by atoms with E-state index in [-0.39, 0.29) is 4.90 Å². The fourth-order valence-electron chi connectivity index (χ4n) is 0.887. The van der Waals surface area contributed by atoms with Crippen LogP contribution < -0.4 is 4.72 Å². The third-order valence-electron chi connectivity index (χ3n) is 1.46. The van der Waals surface area contributed by atoms with Crippen LogP contribution in [0, 0.1) is 5.82 Å². The predicted octanol–water partition coefficient (Wildman–Crippen LogP) is 1.12. The number of halogens is 1. The zero-order valence-corrected chi connectivity index (χ0v) is 7.94. The molecule has 0 amide bonds. The van der Waals surface area contributed by atoms with Crippen molar-refractivity contribution in [2.75, 3.05) is 6.54 Å². The first-order valence-electron chi connectivity index (χ1n) is 3.81. The first-order valence-corrected chi connectivity index (χ1v) is 5.30. The Labute approximate surface area is 76.6 Å². The van der Waals surface area contributed by atoms with Gasteiger partial charge < -0.3 is 0 Å². The highest BCUT2D eigenvalue weighted by Crippen LogP contribution is 2.08. The summed E-state index contributed by atoms with van der Waals surface area (Å²) in [4.78, 5) is 0.0794. The Morgan fingerprint density at radius 1 is 1.31 bits per heavy atom. The third kappa shape index (κ3) is 2.50. The van der Waals surface area contributed by atoms with E-state index in [1.54, 1.807) is 6.92 Å². The van der Waals surface area contributed by atoms with Crippen LogP contribution in [0.15, 0.2) is 29.2 Å². The van der Waals surface area contributed by atoms with Gasteiger partial charge in [0, 0.05) is 6.54 Å². The topological polar surface area (TPSA) is 46.2 Å². The van der Waals surface area contributed by atoms with Gasteiger partial charge in [0.25, 0.3) is 0 Å². The molecule has 0 saturated heterocycles. The van der Waals surface area contributed by atoms with Gasteiger partial charge in [-0.1, -0.05) is 6.92 Å². The number of benzene rings is 1. The van der Waals surface area contributed by atoms with Gasteiger partial charge in [0.1, 0.15) is 5.82 Å². The minimum Gasteiger partial charge on any atom is -0.211 e. The molecule has 0 heterocycles. The summed E-state index contributed by atoms with van der Waals surface area (Å²) in [6.45, 7) is 2.00. The molecule has 0 saturated carbocycles. The smallest absolute Gasteiger partial charge is 0.211 e. The Morgan fingerprint density at radius 3 is 2.31 bits per heavy atom. The summed E-state index contributed by atoms with van der Waals surface area (Å²) in [5, 5.41) is 0. The fraction of sp³-hybridized carbons (Fsp3) is 0.250. The van der Waals surface area contributed by atoms with Crippen LogP contribution in [0.5, 0.6) is 0 Å². The van der Waals surface area contributed by atoms with Gasteiger partial charge in [0.15, 0.2) is 0 Å². The lowest BCUT2D eigenvalue weighted by molar-refractivity contribution is 0.583. The molecule has 0 radical (unpaired) electrons. The van der Waals surface area contributed by atoms with Crippen LogP contribution >= 0.6 is 0 Å². The largest absolute Gasteiger partial charge is 0.240 e. The van der Waals surface area contributed by atoms with E-state index >= 15 is 0 Å². The molecule has 0 aliphatic heterocycles. The van der Waals surface area contributed by atoms with Gasteiger partial charge in [-0.3, -0.25) is 0 Å². The standard InChI is InChI=1S/C8H10FNO2S/c1-2-10-13(11,12)8-5-3-7(9)4-6-8/h3-6,10H,2H2,1H3. The average molecular weight is 203 g/mol. The molecule has 0 fully saturated rings. The molecule has 1 aromatic carbocycles. The fourth-order valence-corrected chi connectivity index (χ4v) is 1.93. The van der Waals surface area contributed by atoms with Crippen molar-refractivity contribution in [3.05, 3.63) is 30.1 Å². The second-order valence-corrected chi connectivity index (χ2v) is 4.22. The van der Waals surface area contributed by atoms with E-state index in [1.807, 2.05) is 0 Å². The molecule has 1 N–H and O–H groups in total. The van der Waals surface area contributed by atoms with Crippen LogP contribution in [0.25, 0.3) is 0 Å². The van der Waals surface area contributed by atoms with Crippen LogP contribution in [0.3, 0.4) is 0 Å². The van der Waals surface area contributed by atoms with E-state index in [9.17, 15) is 12.8 Å². The van der Waals surface area contributed by atoms with Crippen molar-refractivity contribution in [2.45, 2.75) is 11.8 Å². The van der Waals surface area contributed by atoms with Crippen LogP contribution in [-0.4, -0.2) is 15.0 Å². The van der Waals surface area contributed by atoms with E-state index in [0.717, 1.165) is 12.1 Å². The van der Waals surface area contributed by atoms with Crippen molar-refractivity contribution >= 4 is 10.0 Å². The quantitative estimate of drug-likeness (QED) is 0.800. The second kappa shape index (κ2) is 3.85. The lowest BCUT2D eigenvalue weighted by Crippen LogP contribution is -2.22. The molecule has 0 aliphatic rings. The molecular weight excluding hydrogens is 193 g/mol. The molecule has 5 heteroatoms. The Morgan fingerprint density at radius 2 is 1.85 bits per heavy atom. The SMILES string of the molecule is CCNS(=O)(=O)c1ccc(F)cc1. The number of hydrogen-bond acceptors (Lipinski definition) is 2. The lowest BCUT2D eigenvalue weighted by Gasteiger charge is -2.03. The Balaban J connectivity index is 3.02. The summed E-state index contributed by atoms with van der Waals surface area (Å²) in [7, 11) is -3.44. The maximum absolute atomic E-state index is 12.4. The van der Waals surface area contributed by atoms with E-state index in [0.29, 0.717) is 6.54 Å². The molecule has 0 spiro atoms. The molecule has 0 atom stereocenters. The van der Waals surface area contributed by atoms with E-state index in [2.05, 4.69) is 4.72 Å². The lowest BCUT2D eigenvalue weighted by atomic mass is 10.4. The van der Waals surface area contributed by atoms with Crippen LogP contribution in [-0.2, 0) is 10.0 Å². The summed E-state index contributed by atoms with van der Waals surface area (Å²) in [5.74, 6) is -0.449. The molecule has 1 aromatic rings. The van der Waals surface area contributed by atoms with Gasteiger partial charge in [-0.25, -0.2) is 17.5 Å². The van der Waals surface area contributed by atoms with Gasteiger partial charge in [-0.2, -0.15) is 0 Å². The third-order valence-corrected chi connectivity index (χ3v) is 3.02. The highest BCUT2D eigenvalue weighted by atomic mass is 32.2. The number of nitrogens with one attached hydrogen (secondary N) is 1. The van der Waals surface area contributed by atoms with Crippen molar-refractivity contribution in [3.63, 3.8) is 0 Å². The summed E-state index contributed by atoms with van der Waals surface area (Å²) in [6.07, 6.45) is 0. The van der Waals surface area contributed by atoms with Crippen molar-refractivity contribution in [2.24, 2.45) is 0 Å². The summed E-state index contributed by atoms with van der Waals surface area (Å²) in [5.41, 5.74) is 0. The summed E-state index contributed by atoms with van der Waals surface area (Å²) < 4.78 is 37.4. The van der Waals surface area contributed by atoms with Gasteiger partial charge in [0.2, 0.25) is 10.0 Å². The molecule has 72 valence electrons. The Hall–Kier alpha value is -0.940. The highest BCUT2D eigenvalue weighted by Gasteiger charge is 2.11. The molecule has 13 heavy (non-hydrogen) atoms. The Kier molecular flexibility index (Phi) is 3.00. The van der Waals surface area contributed by atoms with Crippen LogP contribution in [0.4, 0.5) is 4.39 Å². The zero-order valence-electron chi connectivity index (χ0n) is 7.12. The molecule has 0 aliphatic carbocycles. The zero-order chi connectivity index (χ0) is 9.90. The van der Waals surface area contributed by atoms with Gasteiger partial charge in [-0.15, -0.1) is 0 Å². The van der Waals surface area contributed by atoms with Crippen LogP contribution in [0.1, 0.15) is 6.92 Å². The number of rotatable bonds is 3. The van der Waals surface area contributed by atoms with Gasteiger partial charge >= 0.3 is 0 Å². The molecule has 0 bridgehead atoms. The predicted molar refractivity (Wildman–Crippen MR) is 47.3 cm³/mol. The molecule has 1 rings (SSSR count). The summed E-state index contributed by atoms with van der Waals surface area (Å²) >= 11 is 0. The van der Waals surface area contributed by atoms with E-state index in [1.165, 1.54) is 12.1 Å². The van der Waals surface area contributed by atoms with Crippen molar-refractivity contribution < 1.29 is 12.8 Å². The normalized spacial score (nSPS) is 11.5. The monoisotopic (exact) mass is 203 g/mol. The van der Waals surface area contributed by atoms with Crippen molar-refractivity contribution in [1.82, 2.24) is 4.72 Å².